The first-order valence-electron chi connectivity index (χ1n) is 9.20. The number of aliphatic imine (C=N–C) groups is 1. The molecule has 30 heavy (non-hydrogen) atoms. The van der Waals surface area contributed by atoms with Gasteiger partial charge in [-0.1, -0.05) is 36.9 Å². The van der Waals surface area contributed by atoms with Crippen LogP contribution in [-0.2, 0) is 14.8 Å². The van der Waals surface area contributed by atoms with Crippen LogP contribution in [0.15, 0.2) is 64.5 Å². The van der Waals surface area contributed by atoms with E-state index in [1.165, 1.54) is 61.1 Å². The molecular formula is C21H22FN3O3S2. The minimum absolute atomic E-state index is 0.134. The third-order valence-corrected chi connectivity index (χ3v) is 7.22. The second-order valence-corrected chi connectivity index (χ2v) is 10.5. The zero-order valence-electron chi connectivity index (χ0n) is 16.8. The summed E-state index contributed by atoms with van der Waals surface area (Å²) < 4.78 is 39.2. The highest BCUT2D eigenvalue weighted by Gasteiger charge is 2.29. The van der Waals surface area contributed by atoms with E-state index in [2.05, 4.69) is 4.99 Å². The Morgan fingerprint density at radius 2 is 1.97 bits per heavy atom. The molecule has 0 saturated carbocycles. The Morgan fingerprint density at radius 3 is 2.67 bits per heavy atom. The molecule has 0 aromatic heterocycles. The average molecular weight is 448 g/mol. The van der Waals surface area contributed by atoms with Crippen LogP contribution in [-0.4, -0.2) is 54.6 Å². The minimum atomic E-state index is -3.58. The summed E-state index contributed by atoms with van der Waals surface area (Å²) in [7, 11) is -0.649. The highest BCUT2D eigenvalue weighted by atomic mass is 32.2. The molecule has 0 spiro atoms. The van der Waals surface area contributed by atoms with E-state index in [0.29, 0.717) is 23.0 Å². The summed E-state index contributed by atoms with van der Waals surface area (Å²) in [5, 5.41) is 0.639. The van der Waals surface area contributed by atoms with Crippen LogP contribution in [0.3, 0.4) is 0 Å². The van der Waals surface area contributed by atoms with E-state index in [1.54, 1.807) is 30.3 Å². The van der Waals surface area contributed by atoms with E-state index in [1.807, 2.05) is 6.92 Å². The maximum atomic E-state index is 13.3. The van der Waals surface area contributed by atoms with Crippen LogP contribution >= 0.6 is 11.8 Å². The SMILES string of the molecule is CC1CN(C(=O)/C=C/c2cccc(F)c2)C(=Nc2cccc(S(=O)(=O)N(C)C)c2)S1. The van der Waals surface area contributed by atoms with Gasteiger partial charge in [0.2, 0.25) is 10.0 Å². The van der Waals surface area contributed by atoms with Crippen LogP contribution < -0.4 is 0 Å². The molecule has 1 heterocycles. The van der Waals surface area contributed by atoms with Gasteiger partial charge in [0, 0.05) is 32.0 Å². The smallest absolute Gasteiger partial charge is 0.252 e. The number of benzene rings is 2. The number of nitrogens with zero attached hydrogens (tertiary/aromatic N) is 3. The maximum absolute atomic E-state index is 13.3. The maximum Gasteiger partial charge on any atom is 0.252 e. The second-order valence-electron chi connectivity index (χ2n) is 6.94. The normalized spacial score (nSPS) is 18.6. The van der Waals surface area contributed by atoms with Crippen LogP contribution in [0.1, 0.15) is 12.5 Å². The molecule has 1 fully saturated rings. The number of carbonyl (C=O) groups is 1. The fraction of sp³-hybridized carbons (Fsp3) is 0.238. The Morgan fingerprint density at radius 1 is 1.23 bits per heavy atom. The molecule has 1 aliphatic heterocycles. The lowest BCUT2D eigenvalue weighted by molar-refractivity contribution is -0.122. The number of hydrogen-bond donors (Lipinski definition) is 0. The predicted molar refractivity (Wildman–Crippen MR) is 119 cm³/mol. The molecule has 1 aliphatic rings. The Kier molecular flexibility index (Phi) is 6.74. The Labute approximate surface area is 180 Å². The van der Waals surface area contributed by atoms with Gasteiger partial charge in [-0.05, 0) is 42.0 Å². The van der Waals surface area contributed by atoms with Crippen molar-refractivity contribution in [3.05, 3.63) is 66.0 Å². The molecule has 0 bridgehead atoms. The van der Waals surface area contributed by atoms with Gasteiger partial charge in [0.1, 0.15) is 5.82 Å². The van der Waals surface area contributed by atoms with Crippen LogP contribution in [0.2, 0.25) is 0 Å². The largest absolute Gasteiger partial charge is 0.287 e. The number of amides is 1. The van der Waals surface area contributed by atoms with Crippen LogP contribution in [0, 0.1) is 5.82 Å². The van der Waals surface area contributed by atoms with Crippen LogP contribution in [0.4, 0.5) is 10.1 Å². The molecule has 3 rings (SSSR count). The summed E-state index contributed by atoms with van der Waals surface area (Å²) in [6, 6.07) is 12.3. The lowest BCUT2D eigenvalue weighted by Gasteiger charge is -2.14. The molecule has 1 amide bonds. The molecule has 1 atom stereocenters. The first kappa shape index (κ1) is 22.2. The van der Waals surface area contributed by atoms with E-state index in [9.17, 15) is 17.6 Å². The zero-order valence-corrected chi connectivity index (χ0v) is 18.5. The molecule has 2 aromatic rings. The summed E-state index contributed by atoms with van der Waals surface area (Å²) in [4.78, 5) is 18.9. The highest BCUT2D eigenvalue weighted by molar-refractivity contribution is 8.14. The van der Waals surface area contributed by atoms with Crippen molar-refractivity contribution >= 4 is 44.6 Å². The van der Waals surface area contributed by atoms with Gasteiger partial charge < -0.3 is 0 Å². The molecule has 6 nitrogen and oxygen atoms in total. The van der Waals surface area contributed by atoms with Crippen molar-refractivity contribution < 1.29 is 17.6 Å². The number of halogens is 1. The third kappa shape index (κ3) is 5.16. The standard InChI is InChI=1S/C21H22FN3O3S2/c1-15-14-25(20(26)11-10-16-6-4-7-17(22)12-16)21(29-15)23-18-8-5-9-19(13-18)30(27,28)24(2)3/h4-13,15H,14H2,1-3H3/b11-10+,23-21?. The van der Waals surface area contributed by atoms with E-state index in [4.69, 9.17) is 0 Å². The summed E-state index contributed by atoms with van der Waals surface area (Å²) in [6.07, 6.45) is 2.94. The summed E-state index contributed by atoms with van der Waals surface area (Å²) in [5.41, 5.74) is 1.03. The van der Waals surface area contributed by atoms with Crippen molar-refractivity contribution in [1.82, 2.24) is 9.21 Å². The van der Waals surface area contributed by atoms with Gasteiger partial charge in [0.05, 0.1) is 10.6 Å². The third-order valence-electron chi connectivity index (χ3n) is 4.33. The van der Waals surface area contributed by atoms with E-state index in [-0.39, 0.29) is 21.9 Å². The topological polar surface area (TPSA) is 70.0 Å². The lowest BCUT2D eigenvalue weighted by Crippen LogP contribution is -2.30. The molecule has 158 valence electrons. The van der Waals surface area contributed by atoms with Crippen molar-refractivity contribution in [2.45, 2.75) is 17.1 Å². The van der Waals surface area contributed by atoms with E-state index >= 15 is 0 Å². The molecular weight excluding hydrogens is 425 g/mol. The molecule has 2 aromatic carbocycles. The monoisotopic (exact) mass is 447 g/mol. The number of rotatable bonds is 5. The highest BCUT2D eigenvalue weighted by Crippen LogP contribution is 2.29. The fourth-order valence-electron chi connectivity index (χ4n) is 2.79. The van der Waals surface area contributed by atoms with Crippen molar-refractivity contribution in [3.8, 4) is 0 Å². The number of hydrogen-bond acceptors (Lipinski definition) is 5. The summed E-state index contributed by atoms with van der Waals surface area (Å²) in [5.74, 6) is -0.642. The molecule has 9 heteroatoms. The molecule has 1 saturated heterocycles. The van der Waals surface area contributed by atoms with Crippen molar-refractivity contribution in [2.24, 2.45) is 4.99 Å². The number of thioether (sulfide) groups is 1. The fourth-order valence-corrected chi connectivity index (χ4v) is 4.76. The van der Waals surface area contributed by atoms with Crippen LogP contribution in [0.5, 0.6) is 0 Å². The Balaban J connectivity index is 1.86. The van der Waals surface area contributed by atoms with Crippen molar-refractivity contribution in [2.75, 3.05) is 20.6 Å². The molecule has 0 radical (unpaired) electrons. The summed E-state index contributed by atoms with van der Waals surface area (Å²) >= 11 is 1.44. The quantitative estimate of drug-likeness (QED) is 0.655. The van der Waals surface area contributed by atoms with E-state index in [0.717, 1.165) is 4.31 Å². The average Bonchev–Trinajstić information content (AvgIpc) is 3.06. The lowest BCUT2D eigenvalue weighted by atomic mass is 10.2. The molecule has 0 N–H and O–H groups in total. The van der Waals surface area contributed by atoms with Gasteiger partial charge in [-0.25, -0.2) is 22.1 Å². The Bertz CT molecular complexity index is 1110. The zero-order chi connectivity index (χ0) is 21.9. The first-order valence-corrected chi connectivity index (χ1v) is 11.5. The summed E-state index contributed by atoms with van der Waals surface area (Å²) in [6.45, 7) is 2.46. The number of sulfonamides is 1. The van der Waals surface area contributed by atoms with E-state index < -0.39 is 10.0 Å². The predicted octanol–water partition coefficient (Wildman–Crippen LogP) is 3.74. The first-order chi connectivity index (χ1) is 14.2. The van der Waals surface area contributed by atoms with Crippen LogP contribution in [0.25, 0.3) is 6.08 Å². The molecule has 1 unspecified atom stereocenters. The van der Waals surface area contributed by atoms with Crippen molar-refractivity contribution in [3.63, 3.8) is 0 Å². The van der Waals surface area contributed by atoms with Crippen molar-refractivity contribution in [1.29, 1.82) is 0 Å². The minimum Gasteiger partial charge on any atom is -0.287 e. The number of carbonyl (C=O) groups excluding carboxylic acids is 1. The van der Waals surface area contributed by atoms with Gasteiger partial charge in [0.25, 0.3) is 5.91 Å². The number of amidine groups is 1. The van der Waals surface area contributed by atoms with Gasteiger partial charge in [-0.2, -0.15) is 0 Å². The second kappa shape index (κ2) is 9.11. The molecule has 0 aliphatic carbocycles. The van der Waals surface area contributed by atoms with Gasteiger partial charge in [0.15, 0.2) is 5.17 Å². The Hall–Kier alpha value is -2.49. The van der Waals surface area contributed by atoms with Gasteiger partial charge >= 0.3 is 0 Å². The van der Waals surface area contributed by atoms with Gasteiger partial charge in [-0.3, -0.25) is 9.69 Å². The van der Waals surface area contributed by atoms with Gasteiger partial charge in [-0.15, -0.1) is 0 Å².